The van der Waals surface area contributed by atoms with Gasteiger partial charge >= 0.3 is 0 Å². The van der Waals surface area contributed by atoms with Crippen LogP contribution in [0.5, 0.6) is 0 Å². The average Bonchev–Trinajstić information content (AvgIpc) is 2.40. The lowest BCUT2D eigenvalue weighted by atomic mass is 10.1. The molecule has 0 fully saturated rings. The summed E-state index contributed by atoms with van der Waals surface area (Å²) in [4.78, 5) is 12.1. The number of likely N-dealkylation sites (N-methyl/N-ethyl adjacent to an activating group) is 1. The molecule has 0 aromatic heterocycles. The predicted octanol–water partition coefficient (Wildman–Crippen LogP) is 1.24. The number of nitrogens with zero attached hydrogens (tertiary/aromatic N) is 1. The maximum Gasteiger partial charge on any atom is 0.257 e. The molecule has 0 unspecified atom stereocenters. The maximum atomic E-state index is 12.1. The van der Waals surface area contributed by atoms with Gasteiger partial charge in [0, 0.05) is 7.05 Å². The van der Waals surface area contributed by atoms with Gasteiger partial charge in [0.2, 0.25) is 0 Å². The van der Waals surface area contributed by atoms with Gasteiger partial charge in [-0.15, -0.1) is 0 Å². The third-order valence-corrected chi connectivity index (χ3v) is 3.05. The van der Waals surface area contributed by atoms with E-state index >= 15 is 0 Å². The fourth-order valence-electron chi connectivity index (χ4n) is 1.81. The molecule has 0 aliphatic heterocycles. The lowest BCUT2D eigenvalue weighted by Crippen LogP contribution is -2.44. The molecule has 0 bridgehead atoms. The molecule has 0 aliphatic rings. The van der Waals surface area contributed by atoms with Gasteiger partial charge in [0.1, 0.15) is 0 Å². The van der Waals surface area contributed by atoms with Gasteiger partial charge in [0.05, 0.1) is 11.7 Å². The summed E-state index contributed by atoms with van der Waals surface area (Å²) in [5.74, 6) is -0.111. The second kappa shape index (κ2) is 7.76. The summed E-state index contributed by atoms with van der Waals surface area (Å²) in [6, 6.07) is 7.32. The van der Waals surface area contributed by atoms with E-state index in [4.69, 9.17) is 11.5 Å². The standard InChI is InChI=1S/C14H24N4O/c1-11-7-3-4-9-13(11)17-18(2)14(19)12(16)8-5-6-10-15/h3-4,7,9,12,17H,5-6,8,10,15-16H2,1-2H3/t12-/m0/s1. The highest BCUT2D eigenvalue weighted by molar-refractivity contribution is 5.82. The zero-order valence-corrected chi connectivity index (χ0v) is 11.7. The van der Waals surface area contributed by atoms with Crippen molar-refractivity contribution in [1.82, 2.24) is 5.01 Å². The number of hydrazine groups is 1. The van der Waals surface area contributed by atoms with Gasteiger partial charge in [-0.05, 0) is 37.9 Å². The van der Waals surface area contributed by atoms with Gasteiger partial charge in [0.15, 0.2) is 0 Å². The van der Waals surface area contributed by atoms with E-state index in [-0.39, 0.29) is 5.91 Å². The number of hydrogen-bond acceptors (Lipinski definition) is 4. The Labute approximate surface area is 114 Å². The van der Waals surface area contributed by atoms with Crippen LogP contribution in [0.15, 0.2) is 24.3 Å². The topological polar surface area (TPSA) is 84.4 Å². The van der Waals surface area contributed by atoms with E-state index in [9.17, 15) is 4.79 Å². The number of benzene rings is 1. The number of hydrogen-bond donors (Lipinski definition) is 3. The Morgan fingerprint density at radius 3 is 2.68 bits per heavy atom. The molecule has 0 spiro atoms. The van der Waals surface area contributed by atoms with Crippen LogP contribution in [-0.4, -0.2) is 30.6 Å². The van der Waals surface area contributed by atoms with E-state index in [2.05, 4.69) is 5.43 Å². The number of aryl methyl sites for hydroxylation is 1. The summed E-state index contributed by atoms with van der Waals surface area (Å²) in [6.45, 7) is 2.63. The number of nitrogens with one attached hydrogen (secondary N) is 1. The van der Waals surface area contributed by atoms with Crippen molar-refractivity contribution in [1.29, 1.82) is 0 Å². The molecule has 0 saturated heterocycles. The SMILES string of the molecule is Cc1ccccc1NN(C)C(=O)[C@@H](N)CCCCN. The van der Waals surface area contributed by atoms with E-state index in [1.807, 2.05) is 31.2 Å². The van der Waals surface area contributed by atoms with E-state index in [0.29, 0.717) is 13.0 Å². The fourth-order valence-corrected chi connectivity index (χ4v) is 1.81. The van der Waals surface area contributed by atoms with Crippen molar-refractivity contribution in [2.24, 2.45) is 11.5 Å². The quantitative estimate of drug-likeness (QED) is 0.511. The van der Waals surface area contributed by atoms with Crippen LogP contribution >= 0.6 is 0 Å². The molecule has 1 aromatic carbocycles. The minimum absolute atomic E-state index is 0.111. The van der Waals surface area contributed by atoms with E-state index in [1.165, 1.54) is 5.01 Å². The Bertz CT molecular complexity index is 408. The van der Waals surface area contributed by atoms with Gasteiger partial charge < -0.3 is 11.5 Å². The van der Waals surface area contributed by atoms with Crippen LogP contribution in [0, 0.1) is 6.92 Å². The van der Waals surface area contributed by atoms with Gasteiger partial charge in [-0.25, -0.2) is 0 Å². The van der Waals surface area contributed by atoms with Crippen molar-refractivity contribution in [3.05, 3.63) is 29.8 Å². The summed E-state index contributed by atoms with van der Waals surface area (Å²) in [6.07, 6.45) is 2.44. The molecule has 0 radical (unpaired) electrons. The van der Waals surface area contributed by atoms with E-state index < -0.39 is 6.04 Å². The maximum absolute atomic E-state index is 12.1. The largest absolute Gasteiger partial charge is 0.330 e. The summed E-state index contributed by atoms with van der Waals surface area (Å²) in [5.41, 5.74) is 16.4. The zero-order valence-electron chi connectivity index (χ0n) is 11.7. The Hall–Kier alpha value is -1.59. The van der Waals surface area contributed by atoms with Gasteiger partial charge in [0.25, 0.3) is 5.91 Å². The first-order chi connectivity index (χ1) is 9.06. The number of carbonyl (C=O) groups excluding carboxylic acids is 1. The van der Waals surface area contributed by atoms with Crippen LogP contribution in [0.1, 0.15) is 24.8 Å². The normalized spacial score (nSPS) is 12.0. The highest BCUT2D eigenvalue weighted by Gasteiger charge is 2.17. The van der Waals surface area contributed by atoms with E-state index in [1.54, 1.807) is 7.05 Å². The smallest absolute Gasteiger partial charge is 0.257 e. The average molecular weight is 264 g/mol. The van der Waals surface area contributed by atoms with Crippen LogP contribution < -0.4 is 16.9 Å². The highest BCUT2D eigenvalue weighted by atomic mass is 16.2. The molecule has 1 rings (SSSR count). The molecule has 0 heterocycles. The Morgan fingerprint density at radius 1 is 1.37 bits per heavy atom. The summed E-state index contributed by atoms with van der Waals surface area (Å²) in [7, 11) is 1.69. The second-order valence-electron chi connectivity index (χ2n) is 4.71. The molecule has 5 N–H and O–H groups in total. The molecular weight excluding hydrogens is 240 g/mol. The summed E-state index contributed by atoms with van der Waals surface area (Å²) < 4.78 is 0. The lowest BCUT2D eigenvalue weighted by molar-refractivity contribution is -0.130. The number of amides is 1. The number of carbonyl (C=O) groups is 1. The first-order valence-electron chi connectivity index (χ1n) is 6.61. The van der Waals surface area contributed by atoms with Crippen LogP contribution in [-0.2, 0) is 4.79 Å². The highest BCUT2D eigenvalue weighted by Crippen LogP contribution is 2.14. The fraction of sp³-hybridized carbons (Fsp3) is 0.500. The van der Waals surface area contributed by atoms with Crippen molar-refractivity contribution >= 4 is 11.6 Å². The Balaban J connectivity index is 2.50. The van der Waals surface area contributed by atoms with Crippen LogP contribution in [0.3, 0.4) is 0 Å². The third kappa shape index (κ3) is 4.89. The minimum atomic E-state index is -0.479. The molecule has 106 valence electrons. The number of unbranched alkanes of at least 4 members (excludes halogenated alkanes) is 1. The summed E-state index contributed by atoms with van der Waals surface area (Å²) in [5, 5.41) is 1.45. The summed E-state index contributed by atoms with van der Waals surface area (Å²) >= 11 is 0. The number of rotatable bonds is 7. The van der Waals surface area contributed by atoms with Gasteiger partial charge in [-0.3, -0.25) is 15.2 Å². The Kier molecular flexibility index (Phi) is 6.32. The van der Waals surface area contributed by atoms with Crippen molar-refractivity contribution in [3.8, 4) is 0 Å². The van der Waals surface area contributed by atoms with Crippen LogP contribution in [0.4, 0.5) is 5.69 Å². The first kappa shape index (κ1) is 15.5. The molecule has 5 heteroatoms. The molecule has 1 aromatic rings. The van der Waals surface area contributed by atoms with E-state index in [0.717, 1.165) is 24.1 Å². The van der Waals surface area contributed by atoms with Crippen molar-refractivity contribution in [3.63, 3.8) is 0 Å². The molecule has 5 nitrogen and oxygen atoms in total. The lowest BCUT2D eigenvalue weighted by Gasteiger charge is -2.23. The molecular formula is C14H24N4O. The molecule has 0 aliphatic carbocycles. The number of anilines is 1. The first-order valence-corrected chi connectivity index (χ1v) is 6.61. The van der Waals surface area contributed by atoms with Crippen LogP contribution in [0.2, 0.25) is 0 Å². The van der Waals surface area contributed by atoms with Gasteiger partial charge in [-0.2, -0.15) is 0 Å². The second-order valence-corrected chi connectivity index (χ2v) is 4.71. The van der Waals surface area contributed by atoms with Crippen molar-refractivity contribution in [2.45, 2.75) is 32.2 Å². The molecule has 19 heavy (non-hydrogen) atoms. The molecule has 0 saturated carbocycles. The van der Waals surface area contributed by atoms with Crippen molar-refractivity contribution < 1.29 is 4.79 Å². The Morgan fingerprint density at radius 2 is 2.05 bits per heavy atom. The minimum Gasteiger partial charge on any atom is -0.330 e. The molecule has 1 atom stereocenters. The predicted molar refractivity (Wildman–Crippen MR) is 78.5 cm³/mol. The number of nitrogens with two attached hydrogens (primary N) is 2. The van der Waals surface area contributed by atoms with Gasteiger partial charge in [-0.1, -0.05) is 24.6 Å². The number of para-hydroxylation sites is 1. The zero-order chi connectivity index (χ0) is 14.3. The third-order valence-electron chi connectivity index (χ3n) is 3.05. The monoisotopic (exact) mass is 264 g/mol. The van der Waals surface area contributed by atoms with Crippen molar-refractivity contribution in [2.75, 3.05) is 19.0 Å². The van der Waals surface area contributed by atoms with Crippen LogP contribution in [0.25, 0.3) is 0 Å². The molecule has 1 amide bonds.